The number of nitrogens with zero attached hydrogens (tertiary/aromatic N) is 1. The molecule has 2 aromatic rings. The van der Waals surface area contributed by atoms with E-state index in [1.165, 1.54) is 12.1 Å². The van der Waals surface area contributed by atoms with E-state index in [1.807, 2.05) is 18.2 Å². The second-order valence-corrected chi connectivity index (χ2v) is 4.95. The Kier molecular flexibility index (Phi) is 4.39. The van der Waals surface area contributed by atoms with Gasteiger partial charge in [-0.15, -0.1) is 0 Å². The van der Waals surface area contributed by atoms with Gasteiger partial charge < -0.3 is 10.2 Å². The smallest absolute Gasteiger partial charge is 0.275 e. The summed E-state index contributed by atoms with van der Waals surface area (Å²) in [5.74, 6) is 6.68. The third kappa shape index (κ3) is 3.70. The van der Waals surface area contributed by atoms with Crippen LogP contribution in [0.3, 0.4) is 0 Å². The average molecular weight is 287 g/mol. The summed E-state index contributed by atoms with van der Waals surface area (Å²) in [5, 5.41) is 10.9. The molecule has 2 rings (SSSR count). The lowest BCUT2D eigenvalue weighted by Crippen LogP contribution is -2.07. The van der Waals surface area contributed by atoms with Gasteiger partial charge in [0.25, 0.3) is 5.69 Å². The number of nitrogens with two attached hydrogens (primary N) is 1. The minimum atomic E-state index is -0.488. The molecule has 110 valence electrons. The fourth-order valence-corrected chi connectivity index (χ4v) is 1.90. The van der Waals surface area contributed by atoms with Gasteiger partial charge in [-0.25, -0.2) is 0 Å². The SMILES string of the molecule is CC(C)c1cccc(Oc2cc(NN)cc([N+](=O)[O-])c2)c1. The number of nitrogen functional groups attached to an aromatic ring is 1. The maximum absolute atomic E-state index is 10.9. The van der Waals surface area contributed by atoms with Crippen molar-refractivity contribution in [2.45, 2.75) is 19.8 Å². The molecule has 0 saturated heterocycles. The number of nitro benzene ring substituents is 1. The molecule has 0 aliphatic heterocycles. The largest absolute Gasteiger partial charge is 0.457 e. The molecule has 0 radical (unpaired) electrons. The molecule has 21 heavy (non-hydrogen) atoms. The predicted octanol–water partition coefficient (Wildman–Crippen LogP) is 3.80. The maximum Gasteiger partial charge on any atom is 0.275 e. The highest BCUT2D eigenvalue weighted by atomic mass is 16.6. The van der Waals surface area contributed by atoms with Crippen LogP contribution in [-0.4, -0.2) is 4.92 Å². The quantitative estimate of drug-likeness (QED) is 0.496. The summed E-state index contributed by atoms with van der Waals surface area (Å²) in [6.07, 6.45) is 0. The first-order chi connectivity index (χ1) is 9.99. The van der Waals surface area contributed by atoms with Crippen LogP contribution >= 0.6 is 0 Å². The Morgan fingerprint density at radius 2 is 1.95 bits per heavy atom. The third-order valence-electron chi connectivity index (χ3n) is 3.03. The first-order valence-electron chi connectivity index (χ1n) is 6.53. The number of nitro groups is 1. The lowest BCUT2D eigenvalue weighted by molar-refractivity contribution is -0.384. The van der Waals surface area contributed by atoms with Crippen LogP contribution in [0, 0.1) is 10.1 Å². The second kappa shape index (κ2) is 6.23. The lowest BCUT2D eigenvalue weighted by Gasteiger charge is -2.10. The molecule has 0 unspecified atom stereocenters. The highest BCUT2D eigenvalue weighted by molar-refractivity contribution is 5.56. The van der Waals surface area contributed by atoms with Crippen LogP contribution in [0.2, 0.25) is 0 Å². The predicted molar refractivity (Wildman–Crippen MR) is 81.5 cm³/mol. The summed E-state index contributed by atoms with van der Waals surface area (Å²) in [5.41, 5.74) is 3.86. The fraction of sp³-hybridized carbons (Fsp3) is 0.200. The van der Waals surface area contributed by atoms with E-state index >= 15 is 0 Å². The number of nitrogens with one attached hydrogen (secondary N) is 1. The van der Waals surface area contributed by atoms with Crippen molar-refractivity contribution in [3.05, 3.63) is 58.1 Å². The molecule has 2 aromatic carbocycles. The number of anilines is 1. The Morgan fingerprint density at radius 1 is 1.19 bits per heavy atom. The van der Waals surface area contributed by atoms with E-state index in [4.69, 9.17) is 10.6 Å². The van der Waals surface area contributed by atoms with Gasteiger partial charge >= 0.3 is 0 Å². The molecule has 0 aromatic heterocycles. The summed E-state index contributed by atoms with van der Waals surface area (Å²) in [4.78, 5) is 10.4. The summed E-state index contributed by atoms with van der Waals surface area (Å²) >= 11 is 0. The van der Waals surface area contributed by atoms with Crippen molar-refractivity contribution in [2.75, 3.05) is 5.43 Å². The van der Waals surface area contributed by atoms with Crippen molar-refractivity contribution >= 4 is 11.4 Å². The van der Waals surface area contributed by atoms with Crippen molar-refractivity contribution in [1.29, 1.82) is 0 Å². The molecule has 0 bridgehead atoms. The van der Waals surface area contributed by atoms with Crippen LogP contribution < -0.4 is 16.0 Å². The molecule has 0 aliphatic carbocycles. The monoisotopic (exact) mass is 287 g/mol. The molecular formula is C15H17N3O3. The van der Waals surface area contributed by atoms with E-state index in [1.54, 1.807) is 12.1 Å². The van der Waals surface area contributed by atoms with E-state index < -0.39 is 4.92 Å². The third-order valence-corrected chi connectivity index (χ3v) is 3.03. The van der Waals surface area contributed by atoms with E-state index in [0.717, 1.165) is 5.56 Å². The van der Waals surface area contributed by atoms with E-state index in [9.17, 15) is 10.1 Å². The van der Waals surface area contributed by atoms with E-state index in [2.05, 4.69) is 19.3 Å². The number of hydrogen-bond donors (Lipinski definition) is 2. The molecule has 0 aliphatic rings. The van der Waals surface area contributed by atoms with Crippen LogP contribution in [0.25, 0.3) is 0 Å². The Hall–Kier alpha value is -2.60. The van der Waals surface area contributed by atoms with Gasteiger partial charge in [-0.3, -0.25) is 16.0 Å². The number of non-ortho nitro benzene ring substituents is 1. The van der Waals surface area contributed by atoms with Crippen molar-refractivity contribution in [2.24, 2.45) is 5.84 Å². The summed E-state index contributed by atoms with van der Waals surface area (Å²) in [6, 6.07) is 11.9. The molecule has 0 fully saturated rings. The van der Waals surface area contributed by atoms with Crippen molar-refractivity contribution in [3.8, 4) is 11.5 Å². The van der Waals surface area contributed by atoms with Gasteiger partial charge in [0.05, 0.1) is 16.7 Å². The lowest BCUT2D eigenvalue weighted by atomic mass is 10.0. The zero-order chi connectivity index (χ0) is 15.4. The van der Waals surface area contributed by atoms with E-state index in [0.29, 0.717) is 23.1 Å². The highest BCUT2D eigenvalue weighted by Crippen LogP contribution is 2.30. The molecule has 6 nitrogen and oxygen atoms in total. The van der Waals surface area contributed by atoms with E-state index in [-0.39, 0.29) is 5.69 Å². The number of hydrazine groups is 1. The normalized spacial score (nSPS) is 10.5. The van der Waals surface area contributed by atoms with Crippen LogP contribution in [0.5, 0.6) is 11.5 Å². The molecule has 0 heterocycles. The van der Waals surface area contributed by atoms with Crippen LogP contribution in [-0.2, 0) is 0 Å². The zero-order valence-corrected chi connectivity index (χ0v) is 11.9. The Labute approximate surface area is 122 Å². The minimum absolute atomic E-state index is 0.0829. The molecular weight excluding hydrogens is 270 g/mol. The molecule has 0 amide bonds. The zero-order valence-electron chi connectivity index (χ0n) is 11.9. The van der Waals surface area contributed by atoms with Gasteiger partial charge in [0.15, 0.2) is 0 Å². The second-order valence-electron chi connectivity index (χ2n) is 4.95. The van der Waals surface area contributed by atoms with Crippen molar-refractivity contribution in [1.82, 2.24) is 0 Å². The Balaban J connectivity index is 2.32. The molecule has 0 atom stereocenters. The average Bonchev–Trinajstić information content (AvgIpc) is 2.47. The van der Waals surface area contributed by atoms with Crippen molar-refractivity contribution < 1.29 is 9.66 Å². The Morgan fingerprint density at radius 3 is 2.57 bits per heavy atom. The fourth-order valence-electron chi connectivity index (χ4n) is 1.90. The number of hydrogen-bond acceptors (Lipinski definition) is 5. The van der Waals surface area contributed by atoms with Gasteiger partial charge in [-0.05, 0) is 23.6 Å². The molecule has 0 saturated carbocycles. The van der Waals surface area contributed by atoms with Gasteiger partial charge in [0.2, 0.25) is 0 Å². The summed E-state index contributed by atoms with van der Waals surface area (Å²) < 4.78 is 5.70. The summed E-state index contributed by atoms with van der Waals surface area (Å²) in [6.45, 7) is 4.17. The van der Waals surface area contributed by atoms with Gasteiger partial charge in [0.1, 0.15) is 11.5 Å². The standard InChI is InChI=1S/C15H17N3O3/c1-10(2)11-4-3-5-14(6-11)21-15-8-12(17-16)7-13(9-15)18(19)20/h3-10,17H,16H2,1-2H3. The molecule has 0 spiro atoms. The maximum atomic E-state index is 10.9. The first kappa shape index (κ1) is 14.8. The number of rotatable bonds is 5. The minimum Gasteiger partial charge on any atom is -0.457 e. The van der Waals surface area contributed by atoms with Crippen LogP contribution in [0.4, 0.5) is 11.4 Å². The number of benzene rings is 2. The first-order valence-corrected chi connectivity index (χ1v) is 6.53. The van der Waals surface area contributed by atoms with Gasteiger partial charge in [-0.2, -0.15) is 0 Å². The topological polar surface area (TPSA) is 90.4 Å². The highest BCUT2D eigenvalue weighted by Gasteiger charge is 2.11. The van der Waals surface area contributed by atoms with Crippen LogP contribution in [0.1, 0.15) is 25.3 Å². The summed E-state index contributed by atoms with van der Waals surface area (Å²) in [7, 11) is 0. The van der Waals surface area contributed by atoms with Crippen LogP contribution in [0.15, 0.2) is 42.5 Å². The van der Waals surface area contributed by atoms with Crippen molar-refractivity contribution in [3.63, 3.8) is 0 Å². The molecule has 3 N–H and O–H groups in total. The molecule has 6 heteroatoms. The Bertz CT molecular complexity index is 656. The van der Waals surface area contributed by atoms with Gasteiger partial charge in [0, 0.05) is 12.1 Å². The number of ether oxygens (including phenoxy) is 1. The van der Waals surface area contributed by atoms with Gasteiger partial charge in [-0.1, -0.05) is 26.0 Å².